The van der Waals surface area contributed by atoms with Crippen molar-refractivity contribution in [3.63, 3.8) is 0 Å². The summed E-state index contributed by atoms with van der Waals surface area (Å²) in [6, 6.07) is 12.4. The number of esters is 1. The molecule has 2 amide bonds. The van der Waals surface area contributed by atoms with Crippen LogP contribution in [-0.2, 0) is 19.1 Å². The summed E-state index contributed by atoms with van der Waals surface area (Å²) in [6.07, 6.45) is 2.90. The normalized spacial score (nSPS) is 11.5. The van der Waals surface area contributed by atoms with Gasteiger partial charge >= 0.3 is 5.97 Å². The Labute approximate surface area is 180 Å². The third-order valence-electron chi connectivity index (χ3n) is 4.13. The van der Waals surface area contributed by atoms with E-state index in [-0.39, 0.29) is 5.91 Å². The first-order valence-corrected chi connectivity index (χ1v) is 9.48. The largest absolute Gasteiger partial charge is 0.497 e. The summed E-state index contributed by atoms with van der Waals surface area (Å²) in [5.74, 6) is -1.12. The molecule has 0 aliphatic heterocycles. The van der Waals surface area contributed by atoms with Gasteiger partial charge in [0.15, 0.2) is 12.4 Å². The van der Waals surface area contributed by atoms with Gasteiger partial charge in [-0.15, -0.1) is 0 Å². The van der Waals surface area contributed by atoms with Crippen molar-refractivity contribution >= 4 is 35.3 Å². The highest BCUT2D eigenvalue weighted by atomic mass is 16.5. The molecule has 0 fully saturated rings. The van der Waals surface area contributed by atoms with Gasteiger partial charge in [-0.05, 0) is 55.0 Å². The summed E-state index contributed by atoms with van der Waals surface area (Å²) in [4.78, 5) is 47.2. The van der Waals surface area contributed by atoms with E-state index in [4.69, 9.17) is 9.47 Å². The van der Waals surface area contributed by atoms with Crippen molar-refractivity contribution in [3.05, 3.63) is 65.7 Å². The molecule has 2 aromatic carbocycles. The van der Waals surface area contributed by atoms with Gasteiger partial charge in [-0.25, -0.2) is 4.79 Å². The Morgan fingerprint density at radius 1 is 1.00 bits per heavy atom. The van der Waals surface area contributed by atoms with Crippen LogP contribution in [0.2, 0.25) is 0 Å². The van der Waals surface area contributed by atoms with Crippen LogP contribution in [-0.4, -0.2) is 43.3 Å². The number of rotatable bonds is 9. The minimum Gasteiger partial charge on any atom is -0.497 e. The molecule has 31 heavy (non-hydrogen) atoms. The van der Waals surface area contributed by atoms with Gasteiger partial charge in [0, 0.05) is 24.3 Å². The van der Waals surface area contributed by atoms with E-state index >= 15 is 0 Å². The van der Waals surface area contributed by atoms with Crippen LogP contribution in [0.3, 0.4) is 0 Å². The third kappa shape index (κ3) is 7.77. The monoisotopic (exact) mass is 424 g/mol. The van der Waals surface area contributed by atoms with E-state index in [9.17, 15) is 19.2 Å². The maximum absolute atomic E-state index is 12.2. The van der Waals surface area contributed by atoms with Gasteiger partial charge in [0.05, 0.1) is 7.11 Å². The Kier molecular flexibility index (Phi) is 8.51. The lowest BCUT2D eigenvalue weighted by atomic mass is 10.1. The number of hydrogen-bond donors (Lipinski definition) is 2. The van der Waals surface area contributed by atoms with Crippen LogP contribution in [0.4, 0.5) is 5.69 Å². The quantitative estimate of drug-likeness (QED) is 0.364. The average molecular weight is 424 g/mol. The molecule has 0 spiro atoms. The molecule has 0 aliphatic rings. The first-order chi connectivity index (χ1) is 14.8. The Morgan fingerprint density at radius 2 is 1.65 bits per heavy atom. The average Bonchev–Trinajstić information content (AvgIpc) is 2.76. The Balaban J connectivity index is 1.80. The van der Waals surface area contributed by atoms with Crippen molar-refractivity contribution in [2.75, 3.05) is 19.0 Å². The Morgan fingerprint density at radius 3 is 2.23 bits per heavy atom. The molecule has 2 aromatic rings. The fourth-order valence-electron chi connectivity index (χ4n) is 2.50. The van der Waals surface area contributed by atoms with Gasteiger partial charge in [-0.2, -0.15) is 0 Å². The molecule has 0 bridgehead atoms. The molecule has 0 unspecified atom stereocenters. The number of nitrogens with one attached hydrogen (secondary N) is 2. The summed E-state index contributed by atoms with van der Waals surface area (Å²) in [5.41, 5.74) is 1.68. The number of ketones is 1. The van der Waals surface area contributed by atoms with Gasteiger partial charge in [0.2, 0.25) is 11.8 Å². The number of amides is 2. The molecule has 1 atom stereocenters. The summed E-state index contributed by atoms with van der Waals surface area (Å²) < 4.78 is 10.1. The number of hydrogen-bond acceptors (Lipinski definition) is 6. The second-order valence-corrected chi connectivity index (χ2v) is 6.63. The fourth-order valence-corrected chi connectivity index (χ4v) is 2.50. The molecule has 0 radical (unpaired) electrons. The van der Waals surface area contributed by atoms with Crippen LogP contribution in [0.15, 0.2) is 54.6 Å². The second-order valence-electron chi connectivity index (χ2n) is 6.63. The molecular weight excluding hydrogens is 400 g/mol. The topological polar surface area (TPSA) is 111 Å². The number of benzene rings is 2. The van der Waals surface area contributed by atoms with Crippen LogP contribution in [0.1, 0.15) is 29.8 Å². The van der Waals surface area contributed by atoms with Crippen molar-refractivity contribution in [1.29, 1.82) is 0 Å². The summed E-state index contributed by atoms with van der Waals surface area (Å²) in [6.45, 7) is 2.39. The predicted molar refractivity (Wildman–Crippen MR) is 116 cm³/mol. The molecule has 2 rings (SSSR count). The highest BCUT2D eigenvalue weighted by molar-refractivity contribution is 5.99. The predicted octanol–water partition coefficient (Wildman–Crippen LogP) is 2.60. The molecule has 0 saturated heterocycles. The van der Waals surface area contributed by atoms with E-state index in [1.807, 2.05) is 0 Å². The molecular formula is C23H24N2O6. The first-order valence-electron chi connectivity index (χ1n) is 9.48. The number of anilines is 1. The van der Waals surface area contributed by atoms with Gasteiger partial charge < -0.3 is 20.1 Å². The maximum atomic E-state index is 12.2. The van der Waals surface area contributed by atoms with Crippen molar-refractivity contribution in [2.45, 2.75) is 19.9 Å². The zero-order valence-electron chi connectivity index (χ0n) is 17.5. The molecule has 0 heterocycles. The molecule has 8 nitrogen and oxygen atoms in total. The van der Waals surface area contributed by atoms with Crippen LogP contribution < -0.4 is 15.4 Å². The SMILES string of the molecule is COc1ccc(/C=C/C(=O)N[C@@H](C)C(=O)OCC(=O)c2ccc(NC(C)=O)cc2)cc1. The van der Waals surface area contributed by atoms with E-state index in [1.165, 1.54) is 32.1 Å². The second kappa shape index (κ2) is 11.3. The molecule has 8 heteroatoms. The van der Waals surface area contributed by atoms with Crippen molar-refractivity contribution in [1.82, 2.24) is 5.32 Å². The van der Waals surface area contributed by atoms with E-state index in [0.29, 0.717) is 17.0 Å². The fraction of sp³-hybridized carbons (Fsp3) is 0.217. The molecule has 2 N–H and O–H groups in total. The van der Waals surface area contributed by atoms with Gasteiger partial charge in [-0.1, -0.05) is 12.1 Å². The Bertz CT molecular complexity index is 965. The van der Waals surface area contributed by atoms with Crippen molar-refractivity contribution < 1.29 is 28.7 Å². The van der Waals surface area contributed by atoms with Crippen LogP contribution in [0, 0.1) is 0 Å². The number of methoxy groups -OCH3 is 1. The minimum atomic E-state index is -0.928. The minimum absolute atomic E-state index is 0.220. The lowest BCUT2D eigenvalue weighted by Gasteiger charge is -2.12. The molecule has 0 aliphatic carbocycles. The van der Waals surface area contributed by atoms with Crippen LogP contribution in [0.5, 0.6) is 5.75 Å². The van der Waals surface area contributed by atoms with Crippen LogP contribution >= 0.6 is 0 Å². The molecule has 0 saturated carbocycles. The highest BCUT2D eigenvalue weighted by Crippen LogP contribution is 2.12. The van der Waals surface area contributed by atoms with Crippen molar-refractivity contribution in [2.24, 2.45) is 0 Å². The number of carbonyl (C=O) groups excluding carboxylic acids is 4. The smallest absolute Gasteiger partial charge is 0.328 e. The number of carbonyl (C=O) groups is 4. The number of ether oxygens (including phenoxy) is 2. The summed E-state index contributed by atoms with van der Waals surface area (Å²) in [7, 11) is 1.57. The van der Waals surface area contributed by atoms with Gasteiger partial charge in [0.25, 0.3) is 0 Å². The first kappa shape index (κ1) is 23.3. The number of Topliss-reactive ketones (excluding diaryl/α,β-unsaturated/α-hetero) is 1. The highest BCUT2D eigenvalue weighted by Gasteiger charge is 2.18. The van der Waals surface area contributed by atoms with Crippen molar-refractivity contribution in [3.8, 4) is 5.75 Å². The van der Waals surface area contributed by atoms with Gasteiger partial charge in [0.1, 0.15) is 11.8 Å². The summed E-state index contributed by atoms with van der Waals surface area (Å²) in [5, 5.41) is 5.08. The lowest BCUT2D eigenvalue weighted by Crippen LogP contribution is -2.39. The standard InChI is InChI=1S/C23H24N2O6/c1-15(24-22(28)13-6-17-4-11-20(30-3)12-5-17)23(29)31-14-21(27)18-7-9-19(10-8-18)25-16(2)26/h4-13,15H,14H2,1-3H3,(H,24,28)(H,25,26)/b13-6+/t15-/m0/s1. The maximum Gasteiger partial charge on any atom is 0.328 e. The van der Waals surface area contributed by atoms with Crippen LogP contribution in [0.25, 0.3) is 6.08 Å². The molecule has 0 aromatic heterocycles. The van der Waals surface area contributed by atoms with E-state index in [0.717, 1.165) is 5.56 Å². The lowest BCUT2D eigenvalue weighted by molar-refractivity contribution is -0.145. The molecule has 162 valence electrons. The Hall–Kier alpha value is -3.94. The van der Waals surface area contributed by atoms with E-state index in [2.05, 4.69) is 10.6 Å². The van der Waals surface area contributed by atoms with E-state index < -0.39 is 30.3 Å². The van der Waals surface area contributed by atoms with Gasteiger partial charge in [-0.3, -0.25) is 14.4 Å². The summed E-state index contributed by atoms with van der Waals surface area (Å²) >= 11 is 0. The zero-order valence-corrected chi connectivity index (χ0v) is 17.5. The van der Waals surface area contributed by atoms with E-state index in [1.54, 1.807) is 49.6 Å². The third-order valence-corrected chi connectivity index (χ3v) is 4.13. The zero-order chi connectivity index (χ0) is 22.8.